The van der Waals surface area contributed by atoms with Gasteiger partial charge in [-0.2, -0.15) is 0 Å². The molecule has 0 bridgehead atoms. The fraction of sp³-hybridized carbons (Fsp3) is 0.467. The van der Waals surface area contributed by atoms with Gasteiger partial charge in [-0.3, -0.25) is 9.59 Å². The van der Waals surface area contributed by atoms with Crippen molar-refractivity contribution in [2.24, 2.45) is 0 Å². The summed E-state index contributed by atoms with van der Waals surface area (Å²) in [6.07, 6.45) is 2.80. The van der Waals surface area contributed by atoms with E-state index in [1.807, 2.05) is 25.1 Å². The molecule has 2 heterocycles. The fourth-order valence-corrected chi connectivity index (χ4v) is 3.71. The number of hydrogen-bond acceptors (Lipinski definition) is 2. The number of hydrogen-bond donors (Lipinski definition) is 0. The van der Waals surface area contributed by atoms with Crippen molar-refractivity contribution in [2.75, 3.05) is 18.0 Å². The second-order valence-electron chi connectivity index (χ2n) is 5.48. The number of piperidine rings is 1. The lowest BCUT2D eigenvalue weighted by atomic mass is 9.98. The Balaban J connectivity index is 1.94. The first kappa shape index (κ1) is 13.6. The first-order chi connectivity index (χ1) is 9.58. The van der Waals surface area contributed by atoms with E-state index in [2.05, 4.69) is 15.9 Å². The highest BCUT2D eigenvalue weighted by atomic mass is 79.9. The third kappa shape index (κ3) is 2.24. The van der Waals surface area contributed by atoms with Crippen LogP contribution < -0.4 is 4.90 Å². The second-order valence-corrected chi connectivity index (χ2v) is 6.33. The van der Waals surface area contributed by atoms with Crippen molar-refractivity contribution in [3.8, 4) is 0 Å². The lowest BCUT2D eigenvalue weighted by Crippen LogP contribution is -2.61. The molecule has 4 nitrogen and oxygen atoms in total. The van der Waals surface area contributed by atoms with Crippen LogP contribution in [0.2, 0.25) is 0 Å². The van der Waals surface area contributed by atoms with E-state index in [0.29, 0.717) is 0 Å². The highest BCUT2D eigenvalue weighted by Gasteiger charge is 2.41. The summed E-state index contributed by atoms with van der Waals surface area (Å²) >= 11 is 3.50. The van der Waals surface area contributed by atoms with Gasteiger partial charge < -0.3 is 9.80 Å². The Bertz CT molecular complexity index is 573. The Morgan fingerprint density at radius 1 is 1.25 bits per heavy atom. The predicted octanol–water partition coefficient (Wildman–Crippen LogP) is 2.49. The first-order valence-corrected chi connectivity index (χ1v) is 7.74. The summed E-state index contributed by atoms with van der Waals surface area (Å²) in [7, 11) is 0. The standard InChI is InChI=1S/C15H17BrN2O2/c1-10-5-6-12(11(16)8-10)18-9-14(19)17-7-3-2-4-13(17)15(18)20/h5-6,8,13H,2-4,7,9H2,1H3. The van der Waals surface area contributed by atoms with E-state index in [1.165, 1.54) is 0 Å². The number of fused-ring (bicyclic) bond motifs is 1. The molecular formula is C15H17BrN2O2. The lowest BCUT2D eigenvalue weighted by molar-refractivity contribution is -0.144. The first-order valence-electron chi connectivity index (χ1n) is 6.95. The summed E-state index contributed by atoms with van der Waals surface area (Å²) < 4.78 is 0.864. The number of amides is 2. The minimum Gasteiger partial charge on any atom is -0.329 e. The van der Waals surface area contributed by atoms with Crippen molar-refractivity contribution < 1.29 is 9.59 Å². The van der Waals surface area contributed by atoms with Crippen molar-refractivity contribution in [3.63, 3.8) is 0 Å². The molecule has 2 aliphatic heterocycles. The Labute approximate surface area is 126 Å². The molecule has 106 valence electrons. The molecule has 1 aromatic carbocycles. The molecule has 2 fully saturated rings. The van der Waals surface area contributed by atoms with Gasteiger partial charge in [-0.25, -0.2) is 0 Å². The number of halogens is 1. The van der Waals surface area contributed by atoms with Crippen LogP contribution in [0, 0.1) is 6.92 Å². The van der Waals surface area contributed by atoms with E-state index in [4.69, 9.17) is 0 Å². The zero-order chi connectivity index (χ0) is 14.3. The molecule has 0 saturated carbocycles. The van der Waals surface area contributed by atoms with Gasteiger partial charge in [0.15, 0.2) is 0 Å². The van der Waals surface area contributed by atoms with E-state index < -0.39 is 0 Å². The van der Waals surface area contributed by atoms with E-state index in [0.717, 1.165) is 41.5 Å². The monoisotopic (exact) mass is 336 g/mol. The van der Waals surface area contributed by atoms with E-state index in [-0.39, 0.29) is 24.4 Å². The SMILES string of the molecule is Cc1ccc(N2CC(=O)N3CCCCC3C2=O)c(Br)c1. The van der Waals surface area contributed by atoms with Crippen LogP contribution in [0.5, 0.6) is 0 Å². The molecule has 3 rings (SSSR count). The third-order valence-corrected chi connectivity index (χ3v) is 4.70. The second kappa shape index (κ2) is 5.20. The van der Waals surface area contributed by atoms with E-state index >= 15 is 0 Å². The number of rotatable bonds is 1. The van der Waals surface area contributed by atoms with Crippen LogP contribution in [0.25, 0.3) is 0 Å². The number of piperazine rings is 1. The molecule has 0 spiro atoms. The fourth-order valence-electron chi connectivity index (χ4n) is 3.01. The molecular weight excluding hydrogens is 320 g/mol. The van der Waals surface area contributed by atoms with Crippen LogP contribution in [-0.4, -0.2) is 35.8 Å². The molecule has 1 unspecified atom stereocenters. The molecule has 0 aliphatic carbocycles. The molecule has 2 aliphatic rings. The Morgan fingerprint density at radius 3 is 2.80 bits per heavy atom. The van der Waals surface area contributed by atoms with Gasteiger partial charge in [-0.15, -0.1) is 0 Å². The minimum atomic E-state index is -0.266. The molecule has 0 N–H and O–H groups in total. The average molecular weight is 337 g/mol. The molecule has 1 aromatic rings. The molecule has 1 atom stereocenters. The van der Waals surface area contributed by atoms with Crippen LogP contribution in [0.1, 0.15) is 24.8 Å². The lowest BCUT2D eigenvalue weighted by Gasteiger charge is -2.42. The van der Waals surface area contributed by atoms with Gasteiger partial charge in [-0.05, 0) is 59.8 Å². The molecule has 2 amide bonds. The van der Waals surface area contributed by atoms with Gasteiger partial charge in [-0.1, -0.05) is 6.07 Å². The van der Waals surface area contributed by atoms with Crippen LogP contribution >= 0.6 is 15.9 Å². The molecule has 20 heavy (non-hydrogen) atoms. The quantitative estimate of drug-likeness (QED) is 0.790. The molecule has 0 radical (unpaired) electrons. The number of benzene rings is 1. The zero-order valence-electron chi connectivity index (χ0n) is 11.4. The number of nitrogens with zero attached hydrogens (tertiary/aromatic N) is 2. The van der Waals surface area contributed by atoms with Gasteiger partial charge >= 0.3 is 0 Å². The molecule has 2 saturated heterocycles. The largest absolute Gasteiger partial charge is 0.329 e. The maximum absolute atomic E-state index is 12.7. The number of aryl methyl sites for hydroxylation is 1. The van der Waals surface area contributed by atoms with Crippen molar-refractivity contribution in [1.29, 1.82) is 0 Å². The summed E-state index contributed by atoms with van der Waals surface area (Å²) in [5, 5.41) is 0. The van der Waals surface area contributed by atoms with Crippen LogP contribution in [0.15, 0.2) is 22.7 Å². The van der Waals surface area contributed by atoms with Crippen molar-refractivity contribution in [1.82, 2.24) is 4.90 Å². The number of carbonyl (C=O) groups excluding carboxylic acids is 2. The summed E-state index contributed by atoms with van der Waals surface area (Å²) in [5.41, 5.74) is 1.91. The Morgan fingerprint density at radius 2 is 2.05 bits per heavy atom. The smallest absolute Gasteiger partial charge is 0.250 e. The average Bonchev–Trinajstić information content (AvgIpc) is 2.43. The maximum atomic E-state index is 12.7. The number of anilines is 1. The normalized spacial score (nSPS) is 23.0. The van der Waals surface area contributed by atoms with Crippen LogP contribution in [0.4, 0.5) is 5.69 Å². The van der Waals surface area contributed by atoms with E-state index in [1.54, 1.807) is 9.80 Å². The highest BCUT2D eigenvalue weighted by Crippen LogP contribution is 2.32. The zero-order valence-corrected chi connectivity index (χ0v) is 13.0. The third-order valence-electron chi connectivity index (χ3n) is 4.06. The van der Waals surface area contributed by atoms with Gasteiger partial charge in [0.1, 0.15) is 12.6 Å². The van der Waals surface area contributed by atoms with Crippen LogP contribution in [0.3, 0.4) is 0 Å². The molecule has 5 heteroatoms. The summed E-state index contributed by atoms with van der Waals surface area (Å²) in [6, 6.07) is 5.58. The maximum Gasteiger partial charge on any atom is 0.250 e. The summed E-state index contributed by atoms with van der Waals surface area (Å²) in [4.78, 5) is 28.3. The summed E-state index contributed by atoms with van der Waals surface area (Å²) in [6.45, 7) is 2.87. The van der Waals surface area contributed by atoms with Gasteiger partial charge in [0.2, 0.25) is 11.8 Å². The van der Waals surface area contributed by atoms with E-state index in [9.17, 15) is 9.59 Å². The van der Waals surface area contributed by atoms with Crippen molar-refractivity contribution in [2.45, 2.75) is 32.2 Å². The summed E-state index contributed by atoms with van der Waals surface area (Å²) in [5.74, 6) is 0.107. The minimum absolute atomic E-state index is 0.0499. The Hall–Kier alpha value is -1.36. The van der Waals surface area contributed by atoms with Crippen molar-refractivity contribution in [3.05, 3.63) is 28.2 Å². The Kier molecular flexibility index (Phi) is 3.54. The van der Waals surface area contributed by atoms with Crippen LogP contribution in [-0.2, 0) is 9.59 Å². The number of carbonyl (C=O) groups is 2. The predicted molar refractivity (Wildman–Crippen MR) is 80.6 cm³/mol. The topological polar surface area (TPSA) is 40.6 Å². The molecule has 0 aromatic heterocycles. The van der Waals surface area contributed by atoms with Gasteiger partial charge in [0.05, 0.1) is 5.69 Å². The van der Waals surface area contributed by atoms with Gasteiger partial charge in [0, 0.05) is 11.0 Å². The highest BCUT2D eigenvalue weighted by molar-refractivity contribution is 9.10. The van der Waals surface area contributed by atoms with Gasteiger partial charge in [0.25, 0.3) is 0 Å². The van der Waals surface area contributed by atoms with Crippen molar-refractivity contribution >= 4 is 33.4 Å².